The Balaban J connectivity index is 1.40. The van der Waals surface area contributed by atoms with E-state index in [1.165, 1.54) is 55.6 Å². The minimum Gasteiger partial charge on any atom is -0.340 e. The van der Waals surface area contributed by atoms with Gasteiger partial charge in [-0.05, 0) is 30.5 Å². The summed E-state index contributed by atoms with van der Waals surface area (Å²) < 4.78 is 13.9. The molecule has 0 atom stereocenters. The molecular weight excluding hydrogens is 387 g/mol. The molecule has 2 aliphatic rings. The van der Waals surface area contributed by atoms with E-state index in [9.17, 15) is 9.18 Å². The van der Waals surface area contributed by atoms with Gasteiger partial charge in [-0.3, -0.25) is 14.7 Å². The number of aromatic amines is 1. The van der Waals surface area contributed by atoms with Gasteiger partial charge in [0.1, 0.15) is 10.5 Å². The van der Waals surface area contributed by atoms with Crippen LogP contribution in [0.3, 0.4) is 0 Å². The number of halogens is 1. The second kappa shape index (κ2) is 7.88. The molecule has 0 unspecified atom stereocenters. The summed E-state index contributed by atoms with van der Waals surface area (Å²) in [4.78, 5) is 25.3. The highest BCUT2D eigenvalue weighted by molar-refractivity contribution is 7.17. The van der Waals surface area contributed by atoms with Crippen molar-refractivity contribution in [3.05, 3.63) is 45.8 Å². The van der Waals surface area contributed by atoms with Gasteiger partial charge in [-0.25, -0.2) is 9.37 Å². The van der Waals surface area contributed by atoms with Crippen LogP contribution in [0.15, 0.2) is 34.4 Å². The predicted molar refractivity (Wildman–Crippen MR) is 116 cm³/mol. The predicted octanol–water partition coefficient (Wildman–Crippen LogP) is 4.25. The molecule has 0 radical (unpaired) electrons. The van der Waals surface area contributed by atoms with Crippen LogP contribution in [0.2, 0.25) is 0 Å². The highest BCUT2D eigenvalue weighted by Gasteiger charge is 2.26. The van der Waals surface area contributed by atoms with Crippen molar-refractivity contribution in [1.29, 1.82) is 0 Å². The quantitative estimate of drug-likeness (QED) is 0.699. The number of hydrogen-bond donors (Lipinski definition) is 1. The third-order valence-corrected chi connectivity index (χ3v) is 7.24. The van der Waals surface area contributed by atoms with Crippen molar-refractivity contribution in [3.8, 4) is 11.1 Å². The number of thiophene rings is 1. The normalized spacial score (nSPS) is 19.1. The van der Waals surface area contributed by atoms with Crippen LogP contribution in [-0.2, 0) is 0 Å². The van der Waals surface area contributed by atoms with E-state index in [-0.39, 0.29) is 11.4 Å². The summed E-state index contributed by atoms with van der Waals surface area (Å²) in [5.74, 6) is 0.378. The lowest BCUT2D eigenvalue weighted by Crippen LogP contribution is -2.51. The largest absolute Gasteiger partial charge is 0.340 e. The molecule has 2 aromatic heterocycles. The molecule has 5 nitrogen and oxygen atoms in total. The molecule has 1 N–H and O–H groups in total. The molecule has 5 rings (SSSR count). The number of rotatable bonds is 3. The monoisotopic (exact) mass is 412 g/mol. The average Bonchev–Trinajstić information content (AvgIpc) is 3.20. The Hall–Kier alpha value is -2.25. The van der Waals surface area contributed by atoms with E-state index in [1.54, 1.807) is 12.1 Å². The molecule has 0 bridgehead atoms. The lowest BCUT2D eigenvalue weighted by atomic mass is 9.94. The number of H-pyrrole nitrogens is 1. The minimum absolute atomic E-state index is 0.0990. The second-order valence-electron chi connectivity index (χ2n) is 8.04. The molecule has 2 fully saturated rings. The summed E-state index contributed by atoms with van der Waals surface area (Å²) in [7, 11) is 0. The Morgan fingerprint density at radius 3 is 2.48 bits per heavy atom. The molecule has 7 heteroatoms. The van der Waals surface area contributed by atoms with Gasteiger partial charge in [0.2, 0.25) is 5.95 Å². The fourth-order valence-electron chi connectivity index (χ4n) is 4.65. The second-order valence-corrected chi connectivity index (χ2v) is 8.92. The maximum atomic E-state index is 13.3. The van der Waals surface area contributed by atoms with Gasteiger partial charge in [0.25, 0.3) is 5.56 Å². The third kappa shape index (κ3) is 3.69. The zero-order chi connectivity index (χ0) is 19.8. The van der Waals surface area contributed by atoms with Crippen molar-refractivity contribution >= 4 is 27.5 Å². The van der Waals surface area contributed by atoms with Crippen LogP contribution in [0.25, 0.3) is 21.3 Å². The van der Waals surface area contributed by atoms with Gasteiger partial charge < -0.3 is 4.90 Å². The molecule has 1 aliphatic heterocycles. The van der Waals surface area contributed by atoms with Crippen molar-refractivity contribution in [3.63, 3.8) is 0 Å². The average molecular weight is 413 g/mol. The number of nitrogens with one attached hydrogen (secondary N) is 1. The molecule has 0 amide bonds. The molecule has 0 spiro atoms. The Morgan fingerprint density at radius 1 is 1.03 bits per heavy atom. The van der Waals surface area contributed by atoms with E-state index in [0.29, 0.717) is 16.2 Å². The van der Waals surface area contributed by atoms with E-state index < -0.39 is 0 Å². The number of hydrogen-bond acceptors (Lipinski definition) is 5. The molecule has 1 saturated heterocycles. The van der Waals surface area contributed by atoms with Gasteiger partial charge in [0, 0.05) is 43.2 Å². The first kappa shape index (κ1) is 18.8. The molecule has 3 aromatic rings. The van der Waals surface area contributed by atoms with E-state index in [4.69, 9.17) is 4.98 Å². The first-order chi connectivity index (χ1) is 14.2. The maximum absolute atomic E-state index is 13.3. The molecule has 1 aromatic carbocycles. The number of piperazine rings is 1. The summed E-state index contributed by atoms with van der Waals surface area (Å²) in [5.41, 5.74) is 2.37. The molecule has 3 heterocycles. The lowest BCUT2D eigenvalue weighted by molar-refractivity contribution is 0.147. The highest BCUT2D eigenvalue weighted by atomic mass is 32.1. The van der Waals surface area contributed by atoms with Crippen LogP contribution >= 0.6 is 11.3 Å². The van der Waals surface area contributed by atoms with Crippen LogP contribution < -0.4 is 10.5 Å². The maximum Gasteiger partial charge on any atom is 0.270 e. The number of fused-ring (bicyclic) bond motifs is 1. The van der Waals surface area contributed by atoms with E-state index >= 15 is 0 Å². The molecule has 1 saturated carbocycles. The lowest BCUT2D eigenvalue weighted by Gasteiger charge is -2.40. The first-order valence-corrected chi connectivity index (χ1v) is 11.3. The van der Waals surface area contributed by atoms with Crippen LogP contribution in [0, 0.1) is 5.82 Å². The summed E-state index contributed by atoms with van der Waals surface area (Å²) in [6.07, 6.45) is 6.70. The fourth-order valence-corrected chi connectivity index (χ4v) is 5.55. The Kier molecular flexibility index (Phi) is 5.09. The molecular formula is C22H25FN4OS. The van der Waals surface area contributed by atoms with Gasteiger partial charge in [-0.2, -0.15) is 0 Å². The standard InChI is InChI=1S/C22H25FN4OS/c23-16-8-6-15(7-9-16)18-14-29-20-19(18)24-22(25-21(20)28)27-12-10-26(11-13-27)17-4-2-1-3-5-17/h6-9,14,17H,1-5,10-13H2,(H,24,25,28). The van der Waals surface area contributed by atoms with E-state index in [0.717, 1.165) is 43.3 Å². The Morgan fingerprint density at radius 2 is 1.76 bits per heavy atom. The highest BCUT2D eigenvalue weighted by Crippen LogP contribution is 2.32. The third-order valence-electron chi connectivity index (χ3n) is 6.27. The SMILES string of the molecule is O=c1[nH]c(N2CCN(C3CCCCC3)CC2)nc2c(-c3ccc(F)cc3)csc12. The van der Waals surface area contributed by atoms with Crippen molar-refractivity contribution < 1.29 is 4.39 Å². The van der Waals surface area contributed by atoms with Crippen LogP contribution in [-0.4, -0.2) is 47.1 Å². The van der Waals surface area contributed by atoms with Gasteiger partial charge in [-0.15, -0.1) is 11.3 Å². The van der Waals surface area contributed by atoms with Crippen molar-refractivity contribution in [1.82, 2.24) is 14.9 Å². The zero-order valence-electron chi connectivity index (χ0n) is 16.4. The van der Waals surface area contributed by atoms with Gasteiger partial charge in [-0.1, -0.05) is 31.4 Å². The molecule has 1 aliphatic carbocycles. The topological polar surface area (TPSA) is 52.2 Å². The van der Waals surface area contributed by atoms with Crippen molar-refractivity contribution in [2.45, 2.75) is 38.1 Å². The number of nitrogens with zero attached hydrogens (tertiary/aromatic N) is 3. The van der Waals surface area contributed by atoms with Crippen molar-refractivity contribution in [2.75, 3.05) is 31.1 Å². The smallest absolute Gasteiger partial charge is 0.270 e. The number of anilines is 1. The summed E-state index contributed by atoms with van der Waals surface area (Å²) >= 11 is 1.39. The summed E-state index contributed by atoms with van der Waals surface area (Å²) in [6, 6.07) is 7.08. The van der Waals surface area contributed by atoms with E-state index in [1.807, 2.05) is 5.38 Å². The van der Waals surface area contributed by atoms with E-state index in [2.05, 4.69) is 14.8 Å². The number of aromatic nitrogens is 2. The summed E-state index contributed by atoms with van der Waals surface area (Å²) in [6.45, 7) is 3.78. The van der Waals surface area contributed by atoms with Gasteiger partial charge in [0.15, 0.2) is 0 Å². The minimum atomic E-state index is -0.268. The van der Waals surface area contributed by atoms with Gasteiger partial charge in [0.05, 0.1) is 5.52 Å². The van der Waals surface area contributed by atoms with Crippen LogP contribution in [0.1, 0.15) is 32.1 Å². The molecule has 152 valence electrons. The first-order valence-electron chi connectivity index (χ1n) is 10.5. The zero-order valence-corrected chi connectivity index (χ0v) is 17.2. The van der Waals surface area contributed by atoms with Crippen LogP contribution in [0.5, 0.6) is 0 Å². The van der Waals surface area contributed by atoms with Crippen molar-refractivity contribution in [2.24, 2.45) is 0 Å². The number of benzene rings is 1. The van der Waals surface area contributed by atoms with Gasteiger partial charge >= 0.3 is 0 Å². The Labute approximate surface area is 173 Å². The Bertz CT molecular complexity index is 1050. The summed E-state index contributed by atoms with van der Waals surface area (Å²) in [5, 5.41) is 1.94. The fraction of sp³-hybridized carbons (Fsp3) is 0.455. The van der Waals surface area contributed by atoms with Crippen LogP contribution in [0.4, 0.5) is 10.3 Å². The molecule has 29 heavy (non-hydrogen) atoms.